The second-order valence-corrected chi connectivity index (χ2v) is 7.17. The highest BCUT2D eigenvalue weighted by molar-refractivity contribution is 6.10. The first-order valence-corrected chi connectivity index (χ1v) is 10.3. The van der Waals surface area contributed by atoms with Gasteiger partial charge in [-0.2, -0.15) is 5.10 Å². The number of nitrogens with zero attached hydrogens (tertiary/aromatic N) is 2. The van der Waals surface area contributed by atoms with Gasteiger partial charge in [0.05, 0.1) is 12.3 Å². The van der Waals surface area contributed by atoms with E-state index in [1.807, 2.05) is 67.6 Å². The van der Waals surface area contributed by atoms with Gasteiger partial charge < -0.3 is 10.1 Å². The molecule has 32 heavy (non-hydrogen) atoms. The standard InChI is InChI=1S/C26H23N3O3/c1-3-32-21-16-14-20(15-17-21)27-25(30)23-22(18-10-6-4-7-11-18)24(28-29(2)26(23)31)19-12-8-5-9-13-19/h4-17H,3H2,1-2H3,(H,27,30). The Hall–Kier alpha value is -4.19. The highest BCUT2D eigenvalue weighted by Gasteiger charge is 2.24. The molecule has 0 aliphatic heterocycles. The molecule has 1 amide bonds. The molecule has 1 N–H and O–H groups in total. The Morgan fingerprint density at radius 3 is 2.09 bits per heavy atom. The Balaban J connectivity index is 1.86. The van der Waals surface area contributed by atoms with Crippen LogP contribution >= 0.6 is 0 Å². The van der Waals surface area contributed by atoms with Gasteiger partial charge in [-0.1, -0.05) is 60.7 Å². The Morgan fingerprint density at radius 1 is 0.906 bits per heavy atom. The van der Waals surface area contributed by atoms with Gasteiger partial charge in [0.25, 0.3) is 11.5 Å². The summed E-state index contributed by atoms with van der Waals surface area (Å²) in [5, 5.41) is 7.36. The summed E-state index contributed by atoms with van der Waals surface area (Å²) in [5.74, 6) is 0.217. The number of rotatable bonds is 6. The summed E-state index contributed by atoms with van der Waals surface area (Å²) < 4.78 is 6.66. The summed E-state index contributed by atoms with van der Waals surface area (Å²) in [6, 6.07) is 25.9. The Labute approximate surface area is 186 Å². The zero-order chi connectivity index (χ0) is 22.5. The number of benzene rings is 3. The largest absolute Gasteiger partial charge is 0.494 e. The van der Waals surface area contributed by atoms with E-state index in [-0.39, 0.29) is 5.56 Å². The smallest absolute Gasteiger partial charge is 0.280 e. The molecular formula is C26H23N3O3. The number of carbonyl (C=O) groups is 1. The zero-order valence-electron chi connectivity index (χ0n) is 17.9. The van der Waals surface area contributed by atoms with Crippen LogP contribution in [0.1, 0.15) is 17.3 Å². The fourth-order valence-corrected chi connectivity index (χ4v) is 3.52. The molecular weight excluding hydrogens is 402 g/mol. The number of aryl methyl sites for hydroxylation is 1. The summed E-state index contributed by atoms with van der Waals surface area (Å²) in [5.41, 5.74) is 2.77. The van der Waals surface area contributed by atoms with E-state index in [0.717, 1.165) is 11.1 Å². The molecule has 6 nitrogen and oxygen atoms in total. The number of hydrogen-bond donors (Lipinski definition) is 1. The molecule has 0 bridgehead atoms. The number of hydrogen-bond acceptors (Lipinski definition) is 4. The highest BCUT2D eigenvalue weighted by atomic mass is 16.5. The minimum Gasteiger partial charge on any atom is -0.494 e. The molecule has 4 aromatic rings. The van der Waals surface area contributed by atoms with Crippen molar-refractivity contribution in [2.24, 2.45) is 7.05 Å². The SMILES string of the molecule is CCOc1ccc(NC(=O)c2c(-c3ccccc3)c(-c3ccccc3)nn(C)c2=O)cc1. The van der Waals surface area contributed by atoms with E-state index in [2.05, 4.69) is 10.4 Å². The van der Waals surface area contributed by atoms with Crippen LogP contribution in [0.3, 0.4) is 0 Å². The summed E-state index contributed by atoms with van der Waals surface area (Å²) in [6.07, 6.45) is 0. The van der Waals surface area contributed by atoms with Crippen LogP contribution in [0.4, 0.5) is 5.69 Å². The Kier molecular flexibility index (Phi) is 6.12. The van der Waals surface area contributed by atoms with Crippen molar-refractivity contribution < 1.29 is 9.53 Å². The third kappa shape index (κ3) is 4.30. The van der Waals surface area contributed by atoms with Gasteiger partial charge >= 0.3 is 0 Å². The fraction of sp³-hybridized carbons (Fsp3) is 0.115. The van der Waals surface area contributed by atoms with E-state index >= 15 is 0 Å². The minimum absolute atomic E-state index is 0.0430. The predicted octanol–water partition coefficient (Wildman–Crippen LogP) is 4.77. The molecule has 0 saturated heterocycles. The fourth-order valence-electron chi connectivity index (χ4n) is 3.52. The third-order valence-corrected chi connectivity index (χ3v) is 5.00. The van der Waals surface area contributed by atoms with Gasteiger partial charge in [0.1, 0.15) is 11.3 Å². The first-order chi connectivity index (χ1) is 15.6. The molecule has 0 saturated carbocycles. The molecule has 0 unspecified atom stereocenters. The lowest BCUT2D eigenvalue weighted by molar-refractivity contribution is 0.102. The first kappa shape index (κ1) is 21.1. The van der Waals surface area contributed by atoms with Gasteiger partial charge in [-0.05, 0) is 36.8 Å². The molecule has 6 heteroatoms. The van der Waals surface area contributed by atoms with Gasteiger partial charge in [-0.25, -0.2) is 4.68 Å². The van der Waals surface area contributed by atoms with Gasteiger partial charge in [-0.3, -0.25) is 9.59 Å². The molecule has 3 aromatic carbocycles. The molecule has 0 atom stereocenters. The van der Waals surface area contributed by atoms with Crippen molar-refractivity contribution in [3.8, 4) is 28.1 Å². The lowest BCUT2D eigenvalue weighted by atomic mass is 9.95. The summed E-state index contributed by atoms with van der Waals surface area (Å²) >= 11 is 0. The molecule has 0 aliphatic rings. The average molecular weight is 425 g/mol. The zero-order valence-corrected chi connectivity index (χ0v) is 17.9. The molecule has 0 radical (unpaired) electrons. The van der Waals surface area contributed by atoms with Crippen molar-refractivity contribution in [2.75, 3.05) is 11.9 Å². The van der Waals surface area contributed by atoms with E-state index in [1.165, 1.54) is 4.68 Å². The lowest BCUT2D eigenvalue weighted by Crippen LogP contribution is -2.31. The van der Waals surface area contributed by atoms with E-state index in [9.17, 15) is 9.59 Å². The average Bonchev–Trinajstić information content (AvgIpc) is 2.83. The maximum Gasteiger partial charge on any atom is 0.280 e. The second-order valence-electron chi connectivity index (χ2n) is 7.17. The number of nitrogens with one attached hydrogen (secondary N) is 1. The summed E-state index contributed by atoms with van der Waals surface area (Å²) in [7, 11) is 1.55. The van der Waals surface area contributed by atoms with E-state index in [0.29, 0.717) is 29.3 Å². The van der Waals surface area contributed by atoms with Crippen molar-refractivity contribution in [3.63, 3.8) is 0 Å². The highest BCUT2D eigenvalue weighted by Crippen LogP contribution is 2.32. The van der Waals surface area contributed by atoms with Crippen molar-refractivity contribution in [3.05, 3.63) is 101 Å². The Bertz CT molecular complexity index is 1280. The first-order valence-electron chi connectivity index (χ1n) is 10.3. The number of ether oxygens (including phenoxy) is 1. The molecule has 0 aliphatic carbocycles. The molecule has 0 spiro atoms. The van der Waals surface area contributed by atoms with E-state index in [4.69, 9.17) is 4.74 Å². The topological polar surface area (TPSA) is 73.2 Å². The van der Waals surface area contributed by atoms with Gasteiger partial charge in [-0.15, -0.1) is 0 Å². The van der Waals surface area contributed by atoms with Crippen molar-refractivity contribution >= 4 is 11.6 Å². The van der Waals surface area contributed by atoms with Crippen LogP contribution in [-0.4, -0.2) is 22.3 Å². The monoisotopic (exact) mass is 425 g/mol. The van der Waals surface area contributed by atoms with Crippen LogP contribution in [-0.2, 0) is 7.05 Å². The molecule has 160 valence electrons. The maximum atomic E-state index is 13.4. The quantitative estimate of drug-likeness (QED) is 0.483. The summed E-state index contributed by atoms with van der Waals surface area (Å²) in [4.78, 5) is 26.5. The minimum atomic E-state index is -0.492. The normalized spacial score (nSPS) is 10.6. The number of amides is 1. The van der Waals surface area contributed by atoms with Crippen molar-refractivity contribution in [2.45, 2.75) is 6.92 Å². The second kappa shape index (κ2) is 9.31. The van der Waals surface area contributed by atoms with Crippen LogP contribution in [0.5, 0.6) is 5.75 Å². The summed E-state index contributed by atoms with van der Waals surface area (Å²) in [6.45, 7) is 2.46. The van der Waals surface area contributed by atoms with Gasteiger partial charge in [0.15, 0.2) is 0 Å². The van der Waals surface area contributed by atoms with Crippen LogP contribution in [0.2, 0.25) is 0 Å². The maximum absolute atomic E-state index is 13.4. The van der Waals surface area contributed by atoms with Crippen molar-refractivity contribution in [1.29, 1.82) is 0 Å². The third-order valence-electron chi connectivity index (χ3n) is 5.00. The Morgan fingerprint density at radius 2 is 1.50 bits per heavy atom. The van der Waals surface area contributed by atoms with E-state index in [1.54, 1.807) is 31.3 Å². The van der Waals surface area contributed by atoms with E-state index < -0.39 is 11.5 Å². The van der Waals surface area contributed by atoms with Crippen LogP contribution in [0, 0.1) is 0 Å². The molecule has 4 rings (SSSR count). The number of anilines is 1. The number of aromatic nitrogens is 2. The van der Waals surface area contributed by atoms with Gasteiger partial charge in [0.2, 0.25) is 0 Å². The van der Waals surface area contributed by atoms with Crippen LogP contribution < -0.4 is 15.6 Å². The van der Waals surface area contributed by atoms with Crippen LogP contribution in [0.15, 0.2) is 89.7 Å². The molecule has 1 aromatic heterocycles. The molecule has 0 fully saturated rings. The molecule has 1 heterocycles. The van der Waals surface area contributed by atoms with Crippen LogP contribution in [0.25, 0.3) is 22.4 Å². The van der Waals surface area contributed by atoms with Gasteiger partial charge in [0, 0.05) is 23.9 Å². The number of carbonyl (C=O) groups excluding carboxylic acids is 1. The lowest BCUT2D eigenvalue weighted by Gasteiger charge is -2.16. The predicted molar refractivity (Wildman–Crippen MR) is 126 cm³/mol. The van der Waals surface area contributed by atoms with Crippen molar-refractivity contribution in [1.82, 2.24) is 9.78 Å².